The molecule has 138 valence electrons. The van der Waals surface area contributed by atoms with Crippen molar-refractivity contribution in [3.8, 4) is 0 Å². The van der Waals surface area contributed by atoms with E-state index in [1.54, 1.807) is 6.20 Å². The smallest absolute Gasteiger partial charge is 0.225 e. The van der Waals surface area contributed by atoms with Crippen LogP contribution in [-0.2, 0) is 20.7 Å². The van der Waals surface area contributed by atoms with E-state index >= 15 is 0 Å². The first-order chi connectivity index (χ1) is 12.2. The Hall–Kier alpha value is -1.89. The third-order valence-electron chi connectivity index (χ3n) is 5.19. The largest absolute Gasteiger partial charge is 0.381 e. The number of nitrogens with one attached hydrogen (secondary N) is 3. The van der Waals surface area contributed by atoms with E-state index in [2.05, 4.69) is 20.6 Å². The summed E-state index contributed by atoms with van der Waals surface area (Å²) in [6.45, 7) is 1.91. The fourth-order valence-electron chi connectivity index (χ4n) is 3.61. The summed E-state index contributed by atoms with van der Waals surface area (Å²) in [7, 11) is 0. The monoisotopic (exact) mass is 348 g/mol. The SMILES string of the molecule is O=C(NCCCc1ncc[nH]1)C1CCC(NC(=O)C2CCOC2)CC1. The maximum absolute atomic E-state index is 12.3. The second-order valence-electron chi connectivity index (χ2n) is 7.05. The molecule has 25 heavy (non-hydrogen) atoms. The number of carbonyl (C=O) groups is 2. The van der Waals surface area contributed by atoms with Crippen LogP contribution in [0.5, 0.6) is 0 Å². The van der Waals surface area contributed by atoms with Gasteiger partial charge in [-0.2, -0.15) is 0 Å². The zero-order chi connectivity index (χ0) is 17.5. The number of aromatic amines is 1. The predicted molar refractivity (Wildman–Crippen MR) is 92.7 cm³/mol. The molecule has 1 saturated carbocycles. The highest BCUT2D eigenvalue weighted by Gasteiger charge is 2.29. The summed E-state index contributed by atoms with van der Waals surface area (Å²) in [4.78, 5) is 31.6. The van der Waals surface area contributed by atoms with E-state index in [9.17, 15) is 9.59 Å². The lowest BCUT2D eigenvalue weighted by molar-refractivity contribution is -0.126. The molecule has 0 aromatic carbocycles. The van der Waals surface area contributed by atoms with E-state index in [4.69, 9.17) is 4.74 Å². The van der Waals surface area contributed by atoms with Crippen LogP contribution < -0.4 is 10.6 Å². The average molecular weight is 348 g/mol. The lowest BCUT2D eigenvalue weighted by Crippen LogP contribution is -2.43. The summed E-state index contributed by atoms with van der Waals surface area (Å²) >= 11 is 0. The van der Waals surface area contributed by atoms with E-state index in [-0.39, 0.29) is 29.7 Å². The molecule has 1 unspecified atom stereocenters. The van der Waals surface area contributed by atoms with Crippen molar-refractivity contribution in [1.82, 2.24) is 20.6 Å². The number of rotatable bonds is 7. The van der Waals surface area contributed by atoms with Crippen LogP contribution in [0.2, 0.25) is 0 Å². The molecule has 1 atom stereocenters. The molecule has 3 N–H and O–H groups in total. The number of carbonyl (C=O) groups excluding carboxylic acids is 2. The molecule has 2 heterocycles. The number of aromatic nitrogens is 2. The topological polar surface area (TPSA) is 96.1 Å². The Balaban J connectivity index is 1.29. The summed E-state index contributed by atoms with van der Waals surface area (Å²) in [5.74, 6) is 1.30. The minimum absolute atomic E-state index is 0.00943. The number of nitrogens with zero attached hydrogens (tertiary/aromatic N) is 1. The van der Waals surface area contributed by atoms with Crippen LogP contribution in [0, 0.1) is 11.8 Å². The van der Waals surface area contributed by atoms with Gasteiger partial charge in [-0.15, -0.1) is 0 Å². The molecule has 2 aliphatic rings. The first-order valence-electron chi connectivity index (χ1n) is 9.36. The molecular weight excluding hydrogens is 320 g/mol. The van der Waals surface area contributed by atoms with Gasteiger partial charge in [-0.25, -0.2) is 4.98 Å². The van der Waals surface area contributed by atoms with E-state index in [1.165, 1.54) is 0 Å². The van der Waals surface area contributed by atoms with Crippen LogP contribution in [-0.4, -0.2) is 47.6 Å². The van der Waals surface area contributed by atoms with Crippen molar-refractivity contribution in [2.24, 2.45) is 11.8 Å². The molecule has 1 aliphatic heterocycles. The van der Waals surface area contributed by atoms with Gasteiger partial charge < -0.3 is 20.4 Å². The van der Waals surface area contributed by atoms with Gasteiger partial charge in [-0.3, -0.25) is 9.59 Å². The van der Waals surface area contributed by atoms with Gasteiger partial charge in [0.05, 0.1) is 12.5 Å². The first-order valence-corrected chi connectivity index (χ1v) is 9.36. The van der Waals surface area contributed by atoms with Crippen LogP contribution in [0.3, 0.4) is 0 Å². The molecule has 3 rings (SSSR count). The molecule has 1 aromatic heterocycles. The van der Waals surface area contributed by atoms with Crippen molar-refractivity contribution in [2.45, 2.75) is 51.0 Å². The third kappa shape index (κ3) is 5.29. The predicted octanol–water partition coefficient (Wildman–Crippen LogP) is 1.17. The molecule has 1 aliphatic carbocycles. The van der Waals surface area contributed by atoms with E-state index in [1.807, 2.05) is 6.20 Å². The molecule has 2 amide bonds. The highest BCUT2D eigenvalue weighted by Crippen LogP contribution is 2.25. The maximum atomic E-state index is 12.3. The van der Waals surface area contributed by atoms with Crippen molar-refractivity contribution < 1.29 is 14.3 Å². The maximum Gasteiger partial charge on any atom is 0.225 e. The van der Waals surface area contributed by atoms with Crippen molar-refractivity contribution in [3.63, 3.8) is 0 Å². The van der Waals surface area contributed by atoms with Gasteiger partial charge in [0.2, 0.25) is 11.8 Å². The standard InChI is InChI=1S/C18H28N4O3/c23-17(21-8-1-2-16-19-9-10-20-16)13-3-5-15(6-4-13)22-18(24)14-7-11-25-12-14/h9-10,13-15H,1-8,11-12H2,(H,19,20)(H,21,23)(H,22,24). The van der Waals surface area contributed by atoms with Crippen LogP contribution >= 0.6 is 0 Å². The summed E-state index contributed by atoms with van der Waals surface area (Å²) in [6, 6.07) is 0.205. The number of H-pyrrole nitrogens is 1. The summed E-state index contributed by atoms with van der Waals surface area (Å²) in [5, 5.41) is 6.16. The first kappa shape index (κ1) is 17.9. The Kier molecular flexibility index (Phi) is 6.44. The summed E-state index contributed by atoms with van der Waals surface area (Å²) in [6.07, 6.45) is 9.54. The molecule has 1 aromatic rings. The number of hydrogen-bond donors (Lipinski definition) is 3. The molecule has 0 spiro atoms. The molecule has 0 bridgehead atoms. The number of aryl methyl sites for hydroxylation is 1. The summed E-state index contributed by atoms with van der Waals surface area (Å²) < 4.78 is 5.27. The molecule has 1 saturated heterocycles. The second kappa shape index (κ2) is 8.99. The normalized spacial score (nSPS) is 26.3. The Labute approximate surface area is 148 Å². The fraction of sp³-hybridized carbons (Fsp3) is 0.722. The van der Waals surface area contributed by atoms with Gasteiger partial charge >= 0.3 is 0 Å². The van der Waals surface area contributed by atoms with E-state index in [0.717, 1.165) is 50.8 Å². The zero-order valence-electron chi connectivity index (χ0n) is 14.6. The number of amides is 2. The Morgan fingerprint density at radius 3 is 2.68 bits per heavy atom. The lowest BCUT2D eigenvalue weighted by atomic mass is 9.85. The van der Waals surface area contributed by atoms with Crippen LogP contribution in [0.1, 0.15) is 44.3 Å². The van der Waals surface area contributed by atoms with Gasteiger partial charge in [0.25, 0.3) is 0 Å². The summed E-state index contributed by atoms with van der Waals surface area (Å²) in [5.41, 5.74) is 0. The van der Waals surface area contributed by atoms with Crippen LogP contribution in [0.15, 0.2) is 12.4 Å². The molecular formula is C18H28N4O3. The van der Waals surface area contributed by atoms with Crippen LogP contribution in [0.25, 0.3) is 0 Å². The Morgan fingerprint density at radius 1 is 1.16 bits per heavy atom. The van der Waals surface area contributed by atoms with Crippen molar-refractivity contribution in [1.29, 1.82) is 0 Å². The molecule has 0 radical (unpaired) electrons. The highest BCUT2D eigenvalue weighted by molar-refractivity contribution is 5.80. The number of hydrogen-bond acceptors (Lipinski definition) is 4. The van der Waals surface area contributed by atoms with Crippen molar-refractivity contribution in [2.75, 3.05) is 19.8 Å². The molecule has 7 nitrogen and oxygen atoms in total. The van der Waals surface area contributed by atoms with E-state index in [0.29, 0.717) is 19.8 Å². The minimum atomic E-state index is 0.00943. The molecule has 2 fully saturated rings. The van der Waals surface area contributed by atoms with Gasteiger partial charge in [0, 0.05) is 43.9 Å². The quantitative estimate of drug-likeness (QED) is 0.645. The van der Waals surface area contributed by atoms with E-state index < -0.39 is 0 Å². The molecule has 7 heteroatoms. The Bertz CT molecular complexity index is 547. The average Bonchev–Trinajstić information content (AvgIpc) is 3.32. The third-order valence-corrected chi connectivity index (χ3v) is 5.19. The number of ether oxygens (including phenoxy) is 1. The lowest BCUT2D eigenvalue weighted by Gasteiger charge is -2.29. The zero-order valence-corrected chi connectivity index (χ0v) is 14.6. The van der Waals surface area contributed by atoms with Crippen molar-refractivity contribution >= 4 is 11.8 Å². The van der Waals surface area contributed by atoms with Gasteiger partial charge in [0.1, 0.15) is 5.82 Å². The van der Waals surface area contributed by atoms with Crippen molar-refractivity contribution in [3.05, 3.63) is 18.2 Å². The van der Waals surface area contributed by atoms with Gasteiger partial charge in [-0.05, 0) is 38.5 Å². The second-order valence-corrected chi connectivity index (χ2v) is 7.05. The van der Waals surface area contributed by atoms with Gasteiger partial charge in [-0.1, -0.05) is 0 Å². The highest BCUT2D eigenvalue weighted by atomic mass is 16.5. The fourth-order valence-corrected chi connectivity index (χ4v) is 3.61. The Morgan fingerprint density at radius 2 is 2.00 bits per heavy atom. The number of imidazole rings is 1. The van der Waals surface area contributed by atoms with Crippen LogP contribution in [0.4, 0.5) is 0 Å². The van der Waals surface area contributed by atoms with Gasteiger partial charge in [0.15, 0.2) is 0 Å². The minimum Gasteiger partial charge on any atom is -0.381 e.